The summed E-state index contributed by atoms with van der Waals surface area (Å²) in [5.74, 6) is -0.899. The Morgan fingerprint density at radius 1 is 1.17 bits per heavy atom. The van der Waals surface area contributed by atoms with Crippen LogP contribution in [0.1, 0.15) is 40.1 Å². The Bertz CT molecular complexity index is 1680. The third-order valence-electron chi connectivity index (χ3n) is 7.75. The number of hydrogen-bond acceptors (Lipinski definition) is 5. The van der Waals surface area contributed by atoms with Gasteiger partial charge in [0.25, 0.3) is 5.91 Å². The maximum atomic E-state index is 13.4. The summed E-state index contributed by atoms with van der Waals surface area (Å²) in [4.78, 5) is 30.9. The van der Waals surface area contributed by atoms with Crippen molar-refractivity contribution in [1.29, 1.82) is 0 Å². The van der Waals surface area contributed by atoms with Gasteiger partial charge in [0.05, 0.1) is 22.6 Å². The lowest BCUT2D eigenvalue weighted by Gasteiger charge is -2.14. The molecule has 3 aromatic rings. The predicted molar refractivity (Wildman–Crippen MR) is 163 cm³/mol. The van der Waals surface area contributed by atoms with Gasteiger partial charge in [-0.15, -0.1) is 0 Å². The number of alkyl halides is 1. The minimum absolute atomic E-state index is 0.0346. The molecule has 5 rings (SSSR count). The number of nitrogens with zero attached hydrogens (tertiary/aromatic N) is 1. The number of sulfone groups is 1. The quantitative estimate of drug-likeness (QED) is 0.284. The van der Waals surface area contributed by atoms with Gasteiger partial charge in [0.2, 0.25) is 5.91 Å². The molecule has 1 unspecified atom stereocenters. The van der Waals surface area contributed by atoms with Gasteiger partial charge < -0.3 is 15.6 Å². The molecule has 8 nitrogen and oxygen atoms in total. The highest BCUT2D eigenvalue weighted by atomic mass is 35.5. The fraction of sp³-hybridized carbons (Fsp3) is 0.333. The number of fused-ring (bicyclic) bond motifs is 1. The molecule has 0 aliphatic carbocycles. The lowest BCUT2D eigenvalue weighted by atomic mass is 10.0. The third-order valence-corrected chi connectivity index (χ3v) is 10.1. The fourth-order valence-corrected chi connectivity index (χ4v) is 7.50. The molecular formula is C30H31Cl2FN4O4S. The Morgan fingerprint density at radius 3 is 2.60 bits per heavy atom. The molecular weight excluding hydrogens is 602 g/mol. The fourth-order valence-electron chi connectivity index (χ4n) is 5.38. The number of H-pyrrole nitrogens is 1. The zero-order valence-electron chi connectivity index (χ0n) is 23.2. The molecule has 1 saturated heterocycles. The van der Waals surface area contributed by atoms with Gasteiger partial charge in [-0.3, -0.25) is 14.5 Å². The second-order valence-electron chi connectivity index (χ2n) is 10.7. The molecule has 2 amide bonds. The van der Waals surface area contributed by atoms with Crippen LogP contribution < -0.4 is 10.6 Å². The molecule has 1 aromatic heterocycles. The number of hydrogen-bond donors (Lipinski definition) is 3. The first-order valence-electron chi connectivity index (χ1n) is 13.6. The van der Waals surface area contributed by atoms with Crippen molar-refractivity contribution in [3.8, 4) is 0 Å². The van der Waals surface area contributed by atoms with Gasteiger partial charge in [0.1, 0.15) is 6.17 Å². The molecule has 0 bridgehead atoms. The van der Waals surface area contributed by atoms with E-state index in [-0.39, 0.29) is 38.9 Å². The second-order valence-corrected chi connectivity index (χ2v) is 13.5. The summed E-state index contributed by atoms with van der Waals surface area (Å²) >= 11 is 12.4. The van der Waals surface area contributed by atoms with Crippen LogP contribution in [0.4, 0.5) is 10.1 Å². The summed E-state index contributed by atoms with van der Waals surface area (Å²) in [7, 11) is -3.84. The molecule has 2 aliphatic heterocycles. The lowest BCUT2D eigenvalue weighted by molar-refractivity contribution is -0.120. The monoisotopic (exact) mass is 632 g/mol. The van der Waals surface area contributed by atoms with Crippen molar-refractivity contribution >= 4 is 62.2 Å². The van der Waals surface area contributed by atoms with Crippen molar-refractivity contribution in [3.05, 3.63) is 80.1 Å². The molecule has 2 aromatic carbocycles. The van der Waals surface area contributed by atoms with E-state index >= 15 is 0 Å². The molecule has 1 fully saturated rings. The van der Waals surface area contributed by atoms with Crippen LogP contribution in [-0.2, 0) is 31.6 Å². The van der Waals surface area contributed by atoms with E-state index in [2.05, 4.69) is 15.6 Å². The standard InChI is InChI=1S/C30H31Cl2FN4O4S/c1-17-21(14-29(38)34-9-11-37-10-8-19(33)15-37)18(2)35-28(17)13-23-22-12-20(6-7-27(22)36-30(23)39)42(40,41)16-24-25(31)4-3-5-26(24)32/h3-7,12-13,19,35H,8-11,14-16H2,1-2H3,(H,34,38)(H,36,39)/b23-13-. The van der Waals surface area contributed by atoms with Crippen LogP contribution in [0.25, 0.3) is 11.6 Å². The third kappa shape index (κ3) is 6.41. The summed E-state index contributed by atoms with van der Waals surface area (Å²) in [6.07, 6.45) is 1.56. The zero-order valence-corrected chi connectivity index (χ0v) is 25.5. The Hall–Kier alpha value is -3.18. The molecule has 0 saturated carbocycles. The number of aromatic nitrogens is 1. The average molecular weight is 634 g/mol. The van der Waals surface area contributed by atoms with Crippen LogP contribution in [0.15, 0.2) is 41.3 Å². The van der Waals surface area contributed by atoms with Crippen LogP contribution in [0.2, 0.25) is 10.0 Å². The number of carbonyl (C=O) groups excluding carboxylic acids is 2. The summed E-state index contributed by atoms with van der Waals surface area (Å²) in [6, 6.07) is 9.30. The number of amides is 2. The number of nitrogens with one attached hydrogen (secondary N) is 3. The highest BCUT2D eigenvalue weighted by Crippen LogP contribution is 2.37. The van der Waals surface area contributed by atoms with Crippen molar-refractivity contribution in [2.24, 2.45) is 0 Å². The van der Waals surface area contributed by atoms with Gasteiger partial charge in [-0.25, -0.2) is 12.8 Å². The maximum Gasteiger partial charge on any atom is 0.256 e. The van der Waals surface area contributed by atoms with E-state index in [9.17, 15) is 22.4 Å². The first-order valence-corrected chi connectivity index (χ1v) is 16.0. The van der Waals surface area contributed by atoms with E-state index < -0.39 is 16.0 Å². The molecule has 2 aliphatic rings. The zero-order chi connectivity index (χ0) is 30.2. The highest BCUT2D eigenvalue weighted by molar-refractivity contribution is 7.90. The van der Waals surface area contributed by atoms with Crippen molar-refractivity contribution in [2.75, 3.05) is 31.5 Å². The second kappa shape index (κ2) is 12.2. The minimum atomic E-state index is -3.84. The van der Waals surface area contributed by atoms with E-state index in [1.54, 1.807) is 30.3 Å². The summed E-state index contributed by atoms with van der Waals surface area (Å²) < 4.78 is 40.0. The normalized spacial score (nSPS) is 18.0. The van der Waals surface area contributed by atoms with E-state index in [1.807, 2.05) is 18.7 Å². The van der Waals surface area contributed by atoms with Crippen molar-refractivity contribution in [2.45, 2.75) is 43.5 Å². The Morgan fingerprint density at radius 2 is 1.90 bits per heavy atom. The molecule has 42 heavy (non-hydrogen) atoms. The first-order chi connectivity index (χ1) is 19.9. The van der Waals surface area contributed by atoms with Crippen molar-refractivity contribution < 1.29 is 22.4 Å². The largest absolute Gasteiger partial charge is 0.359 e. The molecule has 0 radical (unpaired) electrons. The molecule has 222 valence electrons. The van der Waals surface area contributed by atoms with Crippen LogP contribution >= 0.6 is 23.2 Å². The molecule has 12 heteroatoms. The SMILES string of the molecule is Cc1[nH]c(/C=C2\C(=O)Nc3ccc(S(=O)(=O)Cc4c(Cl)cccc4Cl)cc32)c(C)c1CC(=O)NCCN1CCC(F)C1. The number of likely N-dealkylation sites (tertiary alicyclic amines) is 1. The van der Waals surface area contributed by atoms with Crippen LogP contribution in [0.5, 0.6) is 0 Å². The van der Waals surface area contributed by atoms with Gasteiger partial charge in [0.15, 0.2) is 9.84 Å². The van der Waals surface area contributed by atoms with Gasteiger partial charge in [-0.1, -0.05) is 29.3 Å². The number of halogens is 3. The van der Waals surface area contributed by atoms with E-state index in [0.29, 0.717) is 60.7 Å². The van der Waals surface area contributed by atoms with E-state index in [0.717, 1.165) is 16.8 Å². The number of benzene rings is 2. The smallest absolute Gasteiger partial charge is 0.256 e. The topological polar surface area (TPSA) is 111 Å². The number of anilines is 1. The highest BCUT2D eigenvalue weighted by Gasteiger charge is 2.28. The maximum absolute atomic E-state index is 13.4. The Labute approximate surface area is 254 Å². The van der Waals surface area contributed by atoms with Crippen LogP contribution in [-0.4, -0.2) is 62.5 Å². The summed E-state index contributed by atoms with van der Waals surface area (Å²) in [5, 5.41) is 6.21. The predicted octanol–water partition coefficient (Wildman–Crippen LogP) is 5.11. The van der Waals surface area contributed by atoms with Crippen molar-refractivity contribution in [3.63, 3.8) is 0 Å². The van der Waals surface area contributed by atoms with Gasteiger partial charge in [0, 0.05) is 64.4 Å². The molecule has 1 atom stereocenters. The molecule has 0 spiro atoms. The van der Waals surface area contributed by atoms with Gasteiger partial charge in [-0.05, 0) is 67.8 Å². The molecule has 3 N–H and O–H groups in total. The summed E-state index contributed by atoms with van der Waals surface area (Å²) in [5.41, 5.74) is 4.63. The first kappa shape index (κ1) is 30.3. The summed E-state index contributed by atoms with van der Waals surface area (Å²) in [6.45, 7) is 5.87. The molecule has 3 heterocycles. The van der Waals surface area contributed by atoms with E-state index in [4.69, 9.17) is 23.2 Å². The van der Waals surface area contributed by atoms with Gasteiger partial charge in [-0.2, -0.15) is 0 Å². The number of aryl methyl sites for hydroxylation is 1. The van der Waals surface area contributed by atoms with Gasteiger partial charge >= 0.3 is 0 Å². The van der Waals surface area contributed by atoms with Crippen molar-refractivity contribution in [1.82, 2.24) is 15.2 Å². The average Bonchev–Trinajstić information content (AvgIpc) is 3.57. The van der Waals surface area contributed by atoms with Crippen LogP contribution in [0, 0.1) is 13.8 Å². The van der Waals surface area contributed by atoms with E-state index in [1.165, 1.54) is 12.1 Å². The Balaban J connectivity index is 1.34. The van der Waals surface area contributed by atoms with Crippen LogP contribution in [0.3, 0.4) is 0 Å². The number of aromatic amines is 1. The lowest BCUT2D eigenvalue weighted by Crippen LogP contribution is -2.34. The number of carbonyl (C=O) groups is 2. The minimum Gasteiger partial charge on any atom is -0.359 e. The Kier molecular flexibility index (Phi) is 8.80. The number of rotatable bonds is 9.